The number of rotatable bonds is 29. The van der Waals surface area contributed by atoms with Crippen LogP contribution in [0.25, 0.3) is 0 Å². The summed E-state index contributed by atoms with van der Waals surface area (Å²) in [5, 5.41) is 120. The second kappa shape index (κ2) is 28.6. The lowest BCUT2D eigenvalue weighted by atomic mass is 9.98. The van der Waals surface area contributed by atoms with Gasteiger partial charge >= 0.3 is 5.97 Å². The highest BCUT2D eigenvalue weighted by atomic mass is 16.7. The Morgan fingerprint density at radius 2 is 0.754 bits per heavy atom. The lowest BCUT2D eigenvalue weighted by Gasteiger charge is -2.41. The average Bonchev–Trinajstić information content (AvgIpc) is 3.25. The molecular weight excluding hydrogens is 812 g/mol. The van der Waals surface area contributed by atoms with Crippen molar-refractivity contribution in [2.45, 2.75) is 227 Å². The molecule has 0 bridgehead atoms. The third-order valence-electron chi connectivity index (χ3n) is 11.9. The van der Waals surface area contributed by atoms with Crippen molar-refractivity contribution in [3.05, 3.63) is 0 Å². The number of aliphatic hydroxyl groups excluding tert-OH is 12. The molecule has 3 saturated heterocycles. The van der Waals surface area contributed by atoms with E-state index in [4.69, 9.17) is 33.2 Å². The number of esters is 1. The fourth-order valence-corrected chi connectivity index (χ4v) is 7.95. The number of hydrogen-bond donors (Lipinski definition) is 12. The van der Waals surface area contributed by atoms with E-state index in [0.717, 1.165) is 77.0 Å². The van der Waals surface area contributed by atoms with Crippen LogP contribution >= 0.6 is 0 Å². The Bertz CT molecular complexity index is 1170. The molecule has 3 heterocycles. The van der Waals surface area contributed by atoms with Crippen molar-refractivity contribution in [2.24, 2.45) is 0 Å². The molecule has 0 aromatic rings. The molecule has 18 atom stereocenters. The van der Waals surface area contributed by atoms with Crippen molar-refractivity contribution in [3.8, 4) is 0 Å². The zero-order chi connectivity index (χ0) is 45.1. The summed E-state index contributed by atoms with van der Waals surface area (Å²) in [4.78, 5) is 12.0. The fraction of sp³-hybridized carbons (Fsp3) is 0.976. The molecule has 61 heavy (non-hydrogen) atoms. The van der Waals surface area contributed by atoms with Crippen LogP contribution in [-0.2, 0) is 38.0 Å². The van der Waals surface area contributed by atoms with E-state index in [9.17, 15) is 66.1 Å². The third kappa shape index (κ3) is 17.2. The minimum atomic E-state index is -1.58. The molecule has 0 saturated carbocycles. The first kappa shape index (κ1) is 54.1. The van der Waals surface area contributed by atoms with Gasteiger partial charge in [-0.1, -0.05) is 77.0 Å². The van der Waals surface area contributed by atoms with Gasteiger partial charge in [-0.3, -0.25) is 4.79 Å². The van der Waals surface area contributed by atoms with Gasteiger partial charge in [0.25, 0.3) is 0 Å². The molecule has 0 unspecified atom stereocenters. The van der Waals surface area contributed by atoms with Crippen molar-refractivity contribution in [1.82, 2.24) is 0 Å². The zero-order valence-corrected chi connectivity index (χ0v) is 35.7. The first-order valence-electron chi connectivity index (χ1n) is 22.1. The van der Waals surface area contributed by atoms with Crippen LogP contribution in [-0.4, -0.2) is 205 Å². The second-order valence-electron chi connectivity index (χ2n) is 16.7. The molecule has 360 valence electrons. The summed E-state index contributed by atoms with van der Waals surface area (Å²) in [7, 11) is 1.26. The van der Waals surface area contributed by atoms with Gasteiger partial charge in [-0.25, -0.2) is 0 Å². The third-order valence-corrected chi connectivity index (χ3v) is 11.9. The van der Waals surface area contributed by atoms with Crippen molar-refractivity contribution in [2.75, 3.05) is 26.9 Å². The Balaban J connectivity index is 1.37. The van der Waals surface area contributed by atoms with Crippen molar-refractivity contribution in [1.29, 1.82) is 0 Å². The normalized spacial score (nSPS) is 36.1. The van der Waals surface area contributed by atoms with Crippen molar-refractivity contribution < 1.29 is 99.2 Å². The smallest absolute Gasteiger partial charge is 0.308 e. The molecule has 0 aromatic heterocycles. The minimum Gasteiger partial charge on any atom is -0.469 e. The second-order valence-corrected chi connectivity index (χ2v) is 16.7. The molecule has 3 aliphatic heterocycles. The van der Waals surface area contributed by atoms with Gasteiger partial charge in [0.05, 0.1) is 51.7 Å². The number of unbranched alkanes of at least 4 members (excludes halogenated alkanes) is 10. The van der Waals surface area contributed by atoms with E-state index < -0.39 is 124 Å². The Hall–Kier alpha value is -1.25. The predicted molar refractivity (Wildman–Crippen MR) is 212 cm³/mol. The highest BCUT2D eigenvalue weighted by molar-refractivity contribution is 5.69. The summed E-state index contributed by atoms with van der Waals surface area (Å²) < 4.78 is 39.0. The Morgan fingerprint density at radius 1 is 0.443 bits per heavy atom. The molecule has 12 N–H and O–H groups in total. The van der Waals surface area contributed by atoms with Crippen LogP contribution in [0.15, 0.2) is 0 Å². The molecule has 0 aliphatic carbocycles. The van der Waals surface area contributed by atoms with Gasteiger partial charge in [0.1, 0.15) is 73.2 Å². The quantitative estimate of drug-likeness (QED) is 0.0296. The lowest BCUT2D eigenvalue weighted by Crippen LogP contribution is -2.59. The summed E-state index contributed by atoms with van der Waals surface area (Å²) in [5.74, 6) is -0.507. The van der Waals surface area contributed by atoms with Gasteiger partial charge in [-0.15, -0.1) is 0 Å². The molecule has 0 spiro atoms. The zero-order valence-electron chi connectivity index (χ0n) is 35.7. The fourth-order valence-electron chi connectivity index (χ4n) is 7.95. The van der Waals surface area contributed by atoms with Gasteiger partial charge in [0, 0.05) is 0 Å². The molecule has 3 rings (SSSR count). The maximum absolute atomic E-state index is 12.0. The SMILES string of the molecule is COC(=O)C[C@@H](CCCCCCCCCCC[C@@H](CCCCC[C@H](C)O[C@H]1O[C@@H](CO)[C@H](O)[C@@H](O)[C@@H]1O)O[C@@H]1O[C@H](CO)[C@@H](O)[C@H](O)[C@@H]1O)O[C@@H]1O[C@H](CO)[C@H](O)[C@H](O)[C@@H]1O. The van der Waals surface area contributed by atoms with E-state index in [2.05, 4.69) is 0 Å². The van der Waals surface area contributed by atoms with Crippen LogP contribution in [0.1, 0.15) is 116 Å². The average molecular weight is 889 g/mol. The first-order valence-corrected chi connectivity index (χ1v) is 22.1. The summed E-state index contributed by atoms with van der Waals surface area (Å²) in [6.07, 6.45) is -9.17. The Kier molecular flexibility index (Phi) is 25.4. The number of hydrogen-bond acceptors (Lipinski definition) is 20. The van der Waals surface area contributed by atoms with Crippen LogP contribution in [0.3, 0.4) is 0 Å². The van der Waals surface area contributed by atoms with Crippen LogP contribution in [0.2, 0.25) is 0 Å². The number of carbonyl (C=O) groups excluding carboxylic acids is 1. The van der Waals surface area contributed by atoms with Crippen LogP contribution < -0.4 is 0 Å². The molecular formula is C41H76O20. The van der Waals surface area contributed by atoms with E-state index in [1.54, 1.807) is 6.92 Å². The van der Waals surface area contributed by atoms with Crippen LogP contribution in [0.4, 0.5) is 0 Å². The molecule has 0 aromatic carbocycles. The molecule has 20 heteroatoms. The van der Waals surface area contributed by atoms with E-state index in [1.165, 1.54) is 7.11 Å². The van der Waals surface area contributed by atoms with E-state index >= 15 is 0 Å². The molecule has 0 amide bonds. The van der Waals surface area contributed by atoms with Crippen LogP contribution in [0.5, 0.6) is 0 Å². The number of ether oxygens (including phenoxy) is 7. The van der Waals surface area contributed by atoms with Gasteiger partial charge in [-0.05, 0) is 32.6 Å². The van der Waals surface area contributed by atoms with Gasteiger partial charge < -0.3 is 94.4 Å². The standard InChI is InChI=1S/C41H76O20/c1-23(56-39-36(52)33(49)30(46)26(20-42)59-39)15-11-10-14-17-24(57-40-37(53)34(50)31(47)27(21-43)60-40)16-12-8-6-4-3-5-7-9-13-18-25(19-29(45)55-2)58-41-38(54)35(51)32(48)28(22-44)61-41/h23-28,30-44,46-54H,3-22H2,1-2H3/t23-,24-,25+,26-,27+,28+,30-,31+,32-,33+,34-,35-,36-,37-,38-,39-,40+,41+/m0/s1. The summed E-state index contributed by atoms with van der Waals surface area (Å²) in [5.41, 5.74) is 0. The largest absolute Gasteiger partial charge is 0.469 e. The van der Waals surface area contributed by atoms with Gasteiger partial charge in [0.2, 0.25) is 0 Å². The molecule has 3 aliphatic rings. The molecule has 3 fully saturated rings. The molecule has 0 radical (unpaired) electrons. The Morgan fingerprint density at radius 3 is 1.13 bits per heavy atom. The van der Waals surface area contributed by atoms with Crippen LogP contribution in [0, 0.1) is 0 Å². The highest BCUT2D eigenvalue weighted by Crippen LogP contribution is 2.29. The predicted octanol–water partition coefficient (Wildman–Crippen LogP) is -1.63. The topological polar surface area (TPSA) is 324 Å². The van der Waals surface area contributed by atoms with E-state index in [1.807, 2.05) is 0 Å². The maximum Gasteiger partial charge on any atom is 0.308 e. The number of methoxy groups -OCH3 is 1. The van der Waals surface area contributed by atoms with Crippen molar-refractivity contribution >= 4 is 5.97 Å². The number of carbonyl (C=O) groups is 1. The summed E-state index contributed by atoms with van der Waals surface area (Å²) >= 11 is 0. The monoisotopic (exact) mass is 888 g/mol. The lowest BCUT2D eigenvalue weighted by molar-refractivity contribution is -0.312. The van der Waals surface area contributed by atoms with Gasteiger partial charge in [0.15, 0.2) is 18.9 Å². The van der Waals surface area contributed by atoms with Gasteiger partial charge in [-0.2, -0.15) is 0 Å². The maximum atomic E-state index is 12.0. The van der Waals surface area contributed by atoms with E-state index in [0.29, 0.717) is 25.7 Å². The highest BCUT2D eigenvalue weighted by Gasteiger charge is 2.47. The minimum absolute atomic E-state index is 0.0915. The first-order chi connectivity index (χ1) is 29.2. The number of aliphatic hydroxyl groups is 12. The summed E-state index contributed by atoms with van der Waals surface area (Å²) in [6, 6.07) is 0. The summed E-state index contributed by atoms with van der Waals surface area (Å²) in [6.45, 7) is 0.103. The van der Waals surface area contributed by atoms with Crippen molar-refractivity contribution in [3.63, 3.8) is 0 Å². The Labute approximate surface area is 358 Å². The molecule has 20 nitrogen and oxygen atoms in total. The van der Waals surface area contributed by atoms with E-state index in [-0.39, 0.29) is 18.6 Å².